The Morgan fingerprint density at radius 1 is 1.25 bits per heavy atom. The van der Waals surface area contributed by atoms with E-state index in [-0.39, 0.29) is 11.9 Å². The smallest absolute Gasteiger partial charge is 0.138 e. The summed E-state index contributed by atoms with van der Waals surface area (Å²) in [5.74, 6) is 1.18. The molecule has 3 rings (SSSR count). The first-order valence-corrected chi connectivity index (χ1v) is 7.10. The minimum Gasteiger partial charge on any atom is -0.328 e. The summed E-state index contributed by atoms with van der Waals surface area (Å²) in [7, 11) is 0. The lowest BCUT2D eigenvalue weighted by Gasteiger charge is -2.26. The molecule has 0 aliphatic heterocycles. The van der Waals surface area contributed by atoms with Gasteiger partial charge < -0.3 is 5.73 Å². The third kappa shape index (κ3) is 2.88. The molecule has 0 radical (unpaired) electrons. The summed E-state index contributed by atoms with van der Waals surface area (Å²) in [4.78, 5) is 4.41. The third-order valence-corrected chi connectivity index (χ3v) is 3.97. The van der Waals surface area contributed by atoms with Crippen LogP contribution in [0.4, 0.5) is 4.39 Å². The Morgan fingerprint density at radius 2 is 2.05 bits per heavy atom. The fourth-order valence-corrected chi connectivity index (χ4v) is 2.94. The summed E-state index contributed by atoms with van der Waals surface area (Å²) in [6.07, 6.45) is 5.94. The van der Waals surface area contributed by atoms with Crippen molar-refractivity contribution in [1.82, 2.24) is 14.8 Å². The van der Waals surface area contributed by atoms with E-state index < -0.39 is 0 Å². The van der Waals surface area contributed by atoms with Gasteiger partial charge in [-0.15, -0.1) is 0 Å². The van der Waals surface area contributed by atoms with E-state index >= 15 is 0 Å². The van der Waals surface area contributed by atoms with Crippen molar-refractivity contribution < 1.29 is 4.39 Å². The highest BCUT2D eigenvalue weighted by Gasteiger charge is 2.24. The molecule has 1 aliphatic rings. The van der Waals surface area contributed by atoms with E-state index in [0.717, 1.165) is 37.1 Å². The van der Waals surface area contributed by atoms with Crippen molar-refractivity contribution in [2.75, 3.05) is 0 Å². The van der Waals surface area contributed by atoms with Gasteiger partial charge in [0.2, 0.25) is 0 Å². The van der Waals surface area contributed by atoms with Crippen LogP contribution in [0.5, 0.6) is 0 Å². The number of halogens is 1. The first kappa shape index (κ1) is 13.2. The molecule has 1 fully saturated rings. The highest BCUT2D eigenvalue weighted by molar-refractivity contribution is 5.17. The third-order valence-electron chi connectivity index (χ3n) is 3.97. The summed E-state index contributed by atoms with van der Waals surface area (Å²) in [6, 6.07) is 6.79. The molecule has 106 valence electrons. The highest BCUT2D eigenvalue weighted by atomic mass is 19.1. The van der Waals surface area contributed by atoms with Gasteiger partial charge in [-0.3, -0.25) is 0 Å². The molecule has 20 heavy (non-hydrogen) atoms. The van der Waals surface area contributed by atoms with Crippen LogP contribution in [-0.2, 0) is 6.54 Å². The van der Waals surface area contributed by atoms with Gasteiger partial charge in [-0.1, -0.05) is 18.6 Å². The van der Waals surface area contributed by atoms with E-state index in [4.69, 9.17) is 5.73 Å². The van der Waals surface area contributed by atoms with Crippen molar-refractivity contribution in [1.29, 1.82) is 0 Å². The number of hydrogen-bond acceptors (Lipinski definition) is 3. The predicted octanol–water partition coefficient (Wildman–Crippen LogP) is 2.45. The first-order valence-electron chi connectivity index (χ1n) is 7.10. The molecule has 0 amide bonds. The number of aromatic nitrogens is 3. The average molecular weight is 274 g/mol. The second kappa shape index (κ2) is 5.71. The van der Waals surface area contributed by atoms with Gasteiger partial charge in [0.25, 0.3) is 0 Å². The number of nitrogens with two attached hydrogens (primary N) is 1. The van der Waals surface area contributed by atoms with E-state index in [9.17, 15) is 4.39 Å². The molecular weight excluding hydrogens is 255 g/mol. The molecule has 1 aliphatic carbocycles. The number of benzene rings is 1. The molecule has 2 N–H and O–H groups in total. The molecule has 2 atom stereocenters. The normalized spacial score (nSPS) is 22.9. The topological polar surface area (TPSA) is 56.7 Å². The van der Waals surface area contributed by atoms with Crippen LogP contribution in [-0.4, -0.2) is 20.8 Å². The summed E-state index contributed by atoms with van der Waals surface area (Å²) < 4.78 is 14.8. The van der Waals surface area contributed by atoms with Crippen LogP contribution in [0.1, 0.15) is 43.0 Å². The van der Waals surface area contributed by atoms with E-state index in [1.807, 2.05) is 4.68 Å². The SMILES string of the molecule is N[C@H]1CCC[C@@H](c2ncnn2Cc2ccc(F)cc2)C1. The Kier molecular flexibility index (Phi) is 3.78. The van der Waals surface area contributed by atoms with Gasteiger partial charge in [0.05, 0.1) is 6.54 Å². The van der Waals surface area contributed by atoms with Crippen LogP contribution in [0.3, 0.4) is 0 Å². The minimum atomic E-state index is -0.217. The van der Waals surface area contributed by atoms with Crippen molar-refractivity contribution in [3.63, 3.8) is 0 Å². The summed E-state index contributed by atoms with van der Waals surface area (Å²) in [5, 5.41) is 4.31. The summed E-state index contributed by atoms with van der Waals surface area (Å²) >= 11 is 0. The van der Waals surface area contributed by atoms with Crippen molar-refractivity contribution in [2.45, 2.75) is 44.2 Å². The Bertz CT molecular complexity index is 564. The molecule has 1 heterocycles. The van der Waals surface area contributed by atoms with Gasteiger partial charge >= 0.3 is 0 Å². The molecule has 4 nitrogen and oxygen atoms in total. The molecule has 0 spiro atoms. The lowest BCUT2D eigenvalue weighted by molar-refractivity contribution is 0.371. The maximum atomic E-state index is 12.9. The van der Waals surface area contributed by atoms with Crippen LogP contribution >= 0.6 is 0 Å². The van der Waals surface area contributed by atoms with E-state index in [1.54, 1.807) is 18.5 Å². The molecule has 5 heteroatoms. The second-order valence-corrected chi connectivity index (χ2v) is 5.53. The standard InChI is InChI=1S/C15H19FN4/c16-13-6-4-11(5-7-13)9-20-15(18-10-19-20)12-2-1-3-14(17)8-12/h4-7,10,12,14H,1-3,8-9,17H2/t12-,14+/m1/s1. The lowest BCUT2D eigenvalue weighted by atomic mass is 9.85. The molecule has 0 unspecified atom stereocenters. The van der Waals surface area contributed by atoms with Crippen LogP contribution in [0.15, 0.2) is 30.6 Å². The predicted molar refractivity (Wildman–Crippen MR) is 74.7 cm³/mol. The van der Waals surface area contributed by atoms with Crippen LogP contribution in [0.25, 0.3) is 0 Å². The molecule has 0 bridgehead atoms. The van der Waals surface area contributed by atoms with Gasteiger partial charge in [-0.25, -0.2) is 14.1 Å². The maximum Gasteiger partial charge on any atom is 0.138 e. The average Bonchev–Trinajstić information content (AvgIpc) is 2.89. The highest BCUT2D eigenvalue weighted by Crippen LogP contribution is 2.30. The van der Waals surface area contributed by atoms with E-state index in [2.05, 4.69) is 10.1 Å². The van der Waals surface area contributed by atoms with Gasteiger partial charge in [0, 0.05) is 12.0 Å². The Balaban J connectivity index is 1.77. The van der Waals surface area contributed by atoms with Crippen molar-refractivity contribution in [3.8, 4) is 0 Å². The van der Waals surface area contributed by atoms with Crippen LogP contribution in [0, 0.1) is 5.82 Å². The lowest BCUT2D eigenvalue weighted by Crippen LogP contribution is -2.28. The zero-order valence-electron chi connectivity index (χ0n) is 11.4. The fraction of sp³-hybridized carbons (Fsp3) is 0.467. The maximum absolute atomic E-state index is 12.9. The summed E-state index contributed by atoms with van der Waals surface area (Å²) in [6.45, 7) is 0.626. The fourth-order valence-electron chi connectivity index (χ4n) is 2.94. The molecule has 1 aromatic heterocycles. The molecular formula is C15H19FN4. The quantitative estimate of drug-likeness (QED) is 0.935. The Hall–Kier alpha value is -1.75. The van der Waals surface area contributed by atoms with Crippen LogP contribution in [0.2, 0.25) is 0 Å². The molecule has 2 aromatic rings. The van der Waals surface area contributed by atoms with Gasteiger partial charge in [-0.05, 0) is 37.0 Å². The zero-order chi connectivity index (χ0) is 13.9. The number of hydrogen-bond donors (Lipinski definition) is 1. The first-order chi connectivity index (χ1) is 9.72. The largest absolute Gasteiger partial charge is 0.328 e. The minimum absolute atomic E-state index is 0.217. The monoisotopic (exact) mass is 274 g/mol. The Morgan fingerprint density at radius 3 is 2.80 bits per heavy atom. The van der Waals surface area contributed by atoms with Crippen molar-refractivity contribution in [3.05, 3.63) is 47.8 Å². The molecule has 1 saturated carbocycles. The Labute approximate surface area is 117 Å². The van der Waals surface area contributed by atoms with Gasteiger partial charge in [0.15, 0.2) is 0 Å². The van der Waals surface area contributed by atoms with Crippen molar-refractivity contribution >= 4 is 0 Å². The van der Waals surface area contributed by atoms with E-state index in [0.29, 0.717) is 12.5 Å². The van der Waals surface area contributed by atoms with E-state index in [1.165, 1.54) is 12.1 Å². The van der Waals surface area contributed by atoms with Crippen molar-refractivity contribution in [2.24, 2.45) is 5.73 Å². The van der Waals surface area contributed by atoms with Gasteiger partial charge in [0.1, 0.15) is 18.0 Å². The number of nitrogens with zero attached hydrogens (tertiary/aromatic N) is 3. The summed E-state index contributed by atoms with van der Waals surface area (Å²) in [5.41, 5.74) is 7.08. The second-order valence-electron chi connectivity index (χ2n) is 5.53. The zero-order valence-corrected chi connectivity index (χ0v) is 11.4. The van der Waals surface area contributed by atoms with Gasteiger partial charge in [-0.2, -0.15) is 5.10 Å². The van der Waals surface area contributed by atoms with Crippen LogP contribution < -0.4 is 5.73 Å². The number of rotatable bonds is 3. The molecule has 1 aromatic carbocycles. The molecule has 0 saturated heterocycles.